The van der Waals surface area contributed by atoms with Crippen LogP contribution < -0.4 is 0 Å². The summed E-state index contributed by atoms with van der Waals surface area (Å²) in [6, 6.07) is 0. The van der Waals surface area contributed by atoms with Crippen molar-refractivity contribution < 1.29 is 4.74 Å². The van der Waals surface area contributed by atoms with Gasteiger partial charge in [-0.15, -0.1) is 0 Å². The predicted molar refractivity (Wildman–Crippen MR) is 52.1 cm³/mol. The Bertz CT molecular complexity index is 195. The van der Waals surface area contributed by atoms with Gasteiger partial charge in [0.1, 0.15) is 11.7 Å². The lowest BCUT2D eigenvalue weighted by Crippen LogP contribution is -2.29. The minimum atomic E-state index is 0.332. The third-order valence-corrected chi connectivity index (χ3v) is 4.20. The summed E-state index contributed by atoms with van der Waals surface area (Å²) >= 11 is 0. The quantitative estimate of drug-likeness (QED) is 0.562. The molecule has 0 aromatic carbocycles. The molecule has 2 saturated carbocycles. The van der Waals surface area contributed by atoms with Gasteiger partial charge in [0.2, 0.25) is 0 Å². The van der Waals surface area contributed by atoms with Crippen LogP contribution in [0.3, 0.4) is 0 Å². The van der Waals surface area contributed by atoms with Gasteiger partial charge in [0.15, 0.2) is 0 Å². The highest BCUT2D eigenvalue weighted by Gasteiger charge is 2.62. The molecule has 3 fully saturated rings. The van der Waals surface area contributed by atoms with E-state index in [1.807, 2.05) is 0 Å². The molecule has 0 bridgehead atoms. The van der Waals surface area contributed by atoms with Crippen LogP contribution >= 0.6 is 0 Å². The van der Waals surface area contributed by atoms with Crippen LogP contribution in [0, 0.1) is 12.0 Å². The van der Waals surface area contributed by atoms with Crippen LogP contribution in [0.4, 0.5) is 0 Å². The van der Waals surface area contributed by atoms with Gasteiger partial charge in [-0.3, -0.25) is 0 Å². The second-order valence-corrected chi connectivity index (χ2v) is 4.96. The number of hydrogen-bond donors (Lipinski definition) is 0. The minimum Gasteiger partial charge on any atom is -0.359 e. The van der Waals surface area contributed by atoms with Crippen molar-refractivity contribution in [3.05, 3.63) is 6.10 Å². The molecule has 2 aliphatic carbocycles. The van der Waals surface area contributed by atoms with Crippen LogP contribution in [0.2, 0.25) is 0 Å². The summed E-state index contributed by atoms with van der Waals surface area (Å²) in [6.07, 6.45) is 14.1. The molecule has 3 aliphatic rings. The molecule has 3 rings (SSSR count). The van der Waals surface area contributed by atoms with Gasteiger partial charge in [0.05, 0.1) is 0 Å². The summed E-state index contributed by atoms with van der Waals surface area (Å²) in [5.74, 6) is 0.900. The highest BCUT2D eigenvalue weighted by atomic mass is 16.6. The summed E-state index contributed by atoms with van der Waals surface area (Å²) in [5.41, 5.74) is 0.332. The molecular formula is C12H19O. The molecule has 0 aromatic heterocycles. The van der Waals surface area contributed by atoms with Crippen LogP contribution in [-0.4, -0.2) is 5.60 Å². The van der Waals surface area contributed by atoms with Crippen molar-refractivity contribution in [2.45, 2.75) is 63.4 Å². The average Bonchev–Trinajstić information content (AvgIpc) is 2.94. The van der Waals surface area contributed by atoms with Crippen LogP contribution in [0.15, 0.2) is 0 Å². The van der Waals surface area contributed by atoms with Crippen LogP contribution in [0.5, 0.6) is 0 Å². The fourth-order valence-electron chi connectivity index (χ4n) is 3.40. The van der Waals surface area contributed by atoms with E-state index in [9.17, 15) is 0 Å². The SMILES string of the molecule is C1CCC(C23CCCC[C]2O3)CC1. The molecule has 1 atom stereocenters. The molecule has 1 heteroatoms. The normalized spacial score (nSPS) is 41.5. The summed E-state index contributed by atoms with van der Waals surface area (Å²) in [6.45, 7) is 0. The van der Waals surface area contributed by atoms with Crippen LogP contribution in [-0.2, 0) is 4.74 Å². The summed E-state index contributed by atoms with van der Waals surface area (Å²) < 4.78 is 5.92. The summed E-state index contributed by atoms with van der Waals surface area (Å²) in [4.78, 5) is 0. The third-order valence-electron chi connectivity index (χ3n) is 4.20. The van der Waals surface area contributed by atoms with E-state index >= 15 is 0 Å². The highest BCUT2D eigenvalue weighted by molar-refractivity contribution is 5.22. The summed E-state index contributed by atoms with van der Waals surface area (Å²) in [7, 11) is 0. The minimum absolute atomic E-state index is 0.332. The largest absolute Gasteiger partial charge is 0.359 e. The fourth-order valence-corrected chi connectivity index (χ4v) is 3.40. The van der Waals surface area contributed by atoms with Crippen LogP contribution in [0.25, 0.3) is 0 Å². The Labute approximate surface area is 80.8 Å². The second kappa shape index (κ2) is 2.98. The lowest BCUT2D eigenvalue weighted by atomic mass is 9.73. The van der Waals surface area contributed by atoms with Gasteiger partial charge in [0.25, 0.3) is 0 Å². The Morgan fingerprint density at radius 3 is 2.62 bits per heavy atom. The molecule has 1 nitrogen and oxygen atoms in total. The predicted octanol–water partition coefficient (Wildman–Crippen LogP) is 3.44. The molecule has 1 aliphatic heterocycles. The zero-order valence-corrected chi connectivity index (χ0v) is 8.35. The van der Waals surface area contributed by atoms with Gasteiger partial charge < -0.3 is 4.74 Å². The molecule has 1 radical (unpaired) electrons. The van der Waals surface area contributed by atoms with Crippen molar-refractivity contribution in [3.63, 3.8) is 0 Å². The van der Waals surface area contributed by atoms with Gasteiger partial charge >= 0.3 is 0 Å². The molecule has 1 unspecified atom stereocenters. The Kier molecular flexibility index (Phi) is 1.90. The van der Waals surface area contributed by atoms with E-state index in [1.54, 1.807) is 0 Å². The van der Waals surface area contributed by atoms with Crippen molar-refractivity contribution >= 4 is 0 Å². The maximum atomic E-state index is 5.92. The molecule has 13 heavy (non-hydrogen) atoms. The number of epoxide rings is 1. The van der Waals surface area contributed by atoms with E-state index in [1.165, 1.54) is 63.9 Å². The van der Waals surface area contributed by atoms with Crippen molar-refractivity contribution in [2.24, 2.45) is 5.92 Å². The topological polar surface area (TPSA) is 12.5 Å². The van der Waals surface area contributed by atoms with Crippen molar-refractivity contribution in [2.75, 3.05) is 0 Å². The number of rotatable bonds is 1. The molecule has 1 saturated heterocycles. The Balaban J connectivity index is 1.69. The maximum absolute atomic E-state index is 5.92. The van der Waals surface area contributed by atoms with Gasteiger partial charge in [0, 0.05) is 0 Å². The smallest absolute Gasteiger partial charge is 0.130 e. The standard InChI is InChI=1S/C12H19O/c1-2-6-10(7-3-1)12-9-5-4-8-11(12)13-12/h10H,1-9H2. The van der Waals surface area contributed by atoms with Gasteiger partial charge in [-0.25, -0.2) is 0 Å². The Hall–Kier alpha value is -0.0400. The van der Waals surface area contributed by atoms with E-state index in [0.29, 0.717) is 5.60 Å². The molecule has 1 heterocycles. The lowest BCUT2D eigenvalue weighted by Gasteiger charge is -2.29. The average molecular weight is 179 g/mol. The second-order valence-electron chi connectivity index (χ2n) is 4.96. The van der Waals surface area contributed by atoms with E-state index in [0.717, 1.165) is 5.92 Å². The van der Waals surface area contributed by atoms with Gasteiger partial charge in [-0.1, -0.05) is 32.1 Å². The Morgan fingerprint density at radius 1 is 1.00 bits per heavy atom. The first-order chi connectivity index (χ1) is 6.42. The lowest BCUT2D eigenvalue weighted by molar-refractivity contribution is 0.162. The van der Waals surface area contributed by atoms with Crippen molar-refractivity contribution in [1.82, 2.24) is 0 Å². The number of fused-ring (bicyclic) bond motifs is 1. The monoisotopic (exact) mass is 179 g/mol. The highest BCUT2D eigenvalue weighted by Crippen LogP contribution is 2.60. The first-order valence-electron chi connectivity index (χ1n) is 5.97. The molecular weight excluding hydrogens is 160 g/mol. The third kappa shape index (κ3) is 1.24. The molecule has 73 valence electrons. The summed E-state index contributed by atoms with van der Waals surface area (Å²) in [5, 5.41) is 0. The Morgan fingerprint density at radius 2 is 1.85 bits per heavy atom. The van der Waals surface area contributed by atoms with Crippen molar-refractivity contribution in [3.8, 4) is 0 Å². The van der Waals surface area contributed by atoms with Crippen LogP contribution in [0.1, 0.15) is 57.8 Å². The zero-order valence-electron chi connectivity index (χ0n) is 8.35. The molecule has 0 aromatic rings. The van der Waals surface area contributed by atoms with Gasteiger partial charge in [-0.05, 0) is 31.6 Å². The first-order valence-corrected chi connectivity index (χ1v) is 5.97. The van der Waals surface area contributed by atoms with E-state index in [2.05, 4.69) is 0 Å². The molecule has 0 spiro atoms. The van der Waals surface area contributed by atoms with Crippen molar-refractivity contribution in [1.29, 1.82) is 0 Å². The molecule has 0 amide bonds. The van der Waals surface area contributed by atoms with E-state index < -0.39 is 0 Å². The fraction of sp³-hybridized carbons (Fsp3) is 0.917. The van der Waals surface area contributed by atoms with E-state index in [4.69, 9.17) is 4.74 Å². The molecule has 0 N–H and O–H groups in total. The number of ether oxygens (including phenoxy) is 1. The zero-order chi connectivity index (χ0) is 8.73. The number of hydrogen-bond acceptors (Lipinski definition) is 1. The van der Waals surface area contributed by atoms with Gasteiger partial charge in [-0.2, -0.15) is 0 Å². The maximum Gasteiger partial charge on any atom is 0.130 e. The first kappa shape index (κ1) is 8.28. The van der Waals surface area contributed by atoms with E-state index in [-0.39, 0.29) is 0 Å².